The number of hydrogen-bond donors (Lipinski definition) is 1. The van der Waals surface area contributed by atoms with Crippen LogP contribution >= 0.6 is 0 Å². The van der Waals surface area contributed by atoms with Gasteiger partial charge in [0.05, 0.1) is 11.8 Å². The van der Waals surface area contributed by atoms with Crippen LogP contribution in [0.1, 0.15) is 24.6 Å². The summed E-state index contributed by atoms with van der Waals surface area (Å²) in [6, 6.07) is 6.15. The molecule has 0 aliphatic heterocycles. The lowest BCUT2D eigenvalue weighted by Crippen LogP contribution is -2.16. The first-order chi connectivity index (χ1) is 6.88. The highest BCUT2D eigenvalue weighted by atomic mass is 14.9. The number of aryl methyl sites for hydroxylation is 1. The van der Waals surface area contributed by atoms with Gasteiger partial charge in [-0.2, -0.15) is 5.26 Å². The molecule has 1 N–H and O–H groups in total. The predicted octanol–water partition coefficient (Wildman–Crippen LogP) is 1.65. The van der Waals surface area contributed by atoms with Crippen molar-refractivity contribution in [2.75, 3.05) is 6.54 Å². The average molecular weight is 189 g/mol. The third-order valence-corrected chi connectivity index (χ3v) is 2.07. The Morgan fingerprint density at radius 1 is 1.57 bits per heavy atom. The summed E-state index contributed by atoms with van der Waals surface area (Å²) in [6.07, 6.45) is 3.36. The molecule has 0 bridgehead atoms. The van der Waals surface area contributed by atoms with Crippen LogP contribution in [-0.4, -0.2) is 11.5 Å². The van der Waals surface area contributed by atoms with E-state index in [1.807, 2.05) is 6.07 Å². The zero-order chi connectivity index (χ0) is 10.2. The molecule has 1 aromatic heterocycles. The van der Waals surface area contributed by atoms with Gasteiger partial charge in [-0.05, 0) is 18.1 Å². The quantitative estimate of drug-likeness (QED) is 0.716. The highest BCUT2D eigenvalue weighted by Gasteiger charge is 1.99. The van der Waals surface area contributed by atoms with E-state index >= 15 is 0 Å². The lowest BCUT2D eigenvalue weighted by molar-refractivity contribution is 0.679. The minimum atomic E-state index is 0.550. The van der Waals surface area contributed by atoms with Gasteiger partial charge in [0.15, 0.2) is 0 Å². The molecule has 74 valence electrons. The Morgan fingerprint density at radius 3 is 3.14 bits per heavy atom. The van der Waals surface area contributed by atoms with Gasteiger partial charge in [0.25, 0.3) is 0 Å². The van der Waals surface area contributed by atoms with Crippen molar-refractivity contribution in [3.05, 3.63) is 29.6 Å². The minimum Gasteiger partial charge on any atom is -0.310 e. The zero-order valence-corrected chi connectivity index (χ0v) is 8.45. The fourth-order valence-corrected chi connectivity index (χ4v) is 1.30. The first kappa shape index (κ1) is 10.7. The topological polar surface area (TPSA) is 48.7 Å². The maximum absolute atomic E-state index is 8.36. The van der Waals surface area contributed by atoms with Gasteiger partial charge in [-0.25, -0.2) is 0 Å². The van der Waals surface area contributed by atoms with Crippen molar-refractivity contribution < 1.29 is 0 Å². The van der Waals surface area contributed by atoms with E-state index in [1.165, 1.54) is 5.56 Å². The molecular formula is C11H15N3. The molecule has 1 rings (SSSR count). The molecule has 3 nitrogen and oxygen atoms in total. The van der Waals surface area contributed by atoms with E-state index in [4.69, 9.17) is 5.26 Å². The minimum absolute atomic E-state index is 0.550. The van der Waals surface area contributed by atoms with Crippen LogP contribution in [0.3, 0.4) is 0 Å². The van der Waals surface area contributed by atoms with Gasteiger partial charge in [0, 0.05) is 25.7 Å². The Morgan fingerprint density at radius 2 is 2.43 bits per heavy atom. The Balaban J connectivity index is 2.46. The fraction of sp³-hybridized carbons (Fsp3) is 0.455. The highest BCUT2D eigenvalue weighted by molar-refractivity contribution is 5.19. The van der Waals surface area contributed by atoms with Crippen LogP contribution in [-0.2, 0) is 13.0 Å². The van der Waals surface area contributed by atoms with Gasteiger partial charge in [-0.3, -0.25) is 4.98 Å². The molecular weight excluding hydrogens is 174 g/mol. The molecule has 0 spiro atoms. The third kappa shape index (κ3) is 3.15. The summed E-state index contributed by atoms with van der Waals surface area (Å²) in [5.41, 5.74) is 2.37. The maximum Gasteiger partial charge on any atom is 0.0635 e. The summed E-state index contributed by atoms with van der Waals surface area (Å²) in [5.74, 6) is 0. The zero-order valence-electron chi connectivity index (χ0n) is 8.45. The summed E-state index contributed by atoms with van der Waals surface area (Å²) in [6.45, 7) is 3.61. The van der Waals surface area contributed by atoms with E-state index in [9.17, 15) is 0 Å². The molecule has 0 aromatic carbocycles. The fourth-order valence-electron chi connectivity index (χ4n) is 1.30. The molecule has 0 fully saturated rings. The van der Waals surface area contributed by atoms with E-state index in [0.29, 0.717) is 6.42 Å². The van der Waals surface area contributed by atoms with Crippen LogP contribution in [0.4, 0.5) is 0 Å². The molecule has 0 radical (unpaired) electrons. The lowest BCUT2D eigenvalue weighted by atomic mass is 10.1. The monoisotopic (exact) mass is 189 g/mol. The van der Waals surface area contributed by atoms with E-state index < -0.39 is 0 Å². The summed E-state index contributed by atoms with van der Waals surface area (Å²) >= 11 is 0. The highest BCUT2D eigenvalue weighted by Crippen LogP contribution is 2.05. The molecule has 0 saturated carbocycles. The van der Waals surface area contributed by atoms with Crippen molar-refractivity contribution >= 4 is 0 Å². The average Bonchev–Trinajstić information content (AvgIpc) is 2.25. The molecule has 3 heteroatoms. The summed E-state index contributed by atoms with van der Waals surface area (Å²) < 4.78 is 0. The summed E-state index contributed by atoms with van der Waals surface area (Å²) in [7, 11) is 0. The van der Waals surface area contributed by atoms with Gasteiger partial charge in [-0.1, -0.05) is 13.0 Å². The number of aromatic nitrogens is 1. The van der Waals surface area contributed by atoms with Crippen molar-refractivity contribution in [3.8, 4) is 6.07 Å². The first-order valence-electron chi connectivity index (χ1n) is 4.89. The number of nitrogens with zero attached hydrogens (tertiary/aromatic N) is 2. The first-order valence-corrected chi connectivity index (χ1v) is 4.89. The van der Waals surface area contributed by atoms with E-state index in [0.717, 1.165) is 25.2 Å². The van der Waals surface area contributed by atoms with Crippen LogP contribution in [0.2, 0.25) is 0 Å². The molecule has 0 aliphatic rings. The number of hydrogen-bond acceptors (Lipinski definition) is 3. The van der Waals surface area contributed by atoms with E-state index in [-0.39, 0.29) is 0 Å². The number of nitrogens with one attached hydrogen (secondary N) is 1. The second kappa shape index (κ2) is 6.11. The Kier molecular flexibility index (Phi) is 4.66. The summed E-state index contributed by atoms with van der Waals surface area (Å²) in [4.78, 5) is 4.30. The van der Waals surface area contributed by atoms with Gasteiger partial charge >= 0.3 is 0 Å². The van der Waals surface area contributed by atoms with E-state index in [2.05, 4.69) is 29.4 Å². The smallest absolute Gasteiger partial charge is 0.0635 e. The van der Waals surface area contributed by atoms with Crippen LogP contribution in [0, 0.1) is 11.3 Å². The second-order valence-electron chi connectivity index (χ2n) is 3.05. The van der Waals surface area contributed by atoms with Gasteiger partial charge in [-0.15, -0.1) is 0 Å². The molecule has 0 unspecified atom stereocenters. The molecule has 1 heterocycles. The summed E-state index contributed by atoms with van der Waals surface area (Å²) in [5, 5.41) is 11.6. The molecule has 1 aromatic rings. The molecule has 0 aliphatic carbocycles. The van der Waals surface area contributed by atoms with Crippen molar-refractivity contribution in [1.29, 1.82) is 5.26 Å². The van der Waals surface area contributed by atoms with Crippen molar-refractivity contribution in [3.63, 3.8) is 0 Å². The lowest BCUT2D eigenvalue weighted by Gasteiger charge is -2.06. The maximum atomic E-state index is 8.36. The molecule has 0 atom stereocenters. The van der Waals surface area contributed by atoms with Crippen LogP contribution in [0.25, 0.3) is 0 Å². The standard InChI is InChI=1S/C11H15N3/c1-2-10-5-3-8-14-11(10)9-13-7-4-6-12/h3,5,8,13H,2,4,7,9H2,1H3. The second-order valence-corrected chi connectivity index (χ2v) is 3.05. The van der Waals surface area contributed by atoms with Gasteiger partial charge in [0.1, 0.15) is 0 Å². The van der Waals surface area contributed by atoms with Crippen molar-refractivity contribution in [2.45, 2.75) is 26.3 Å². The number of rotatable bonds is 5. The SMILES string of the molecule is CCc1cccnc1CNCCC#N. The Bertz CT molecular complexity index is 315. The van der Waals surface area contributed by atoms with Crippen LogP contribution in [0.5, 0.6) is 0 Å². The van der Waals surface area contributed by atoms with Crippen LogP contribution in [0.15, 0.2) is 18.3 Å². The molecule has 14 heavy (non-hydrogen) atoms. The Labute approximate surface area is 84.8 Å². The molecule has 0 saturated heterocycles. The number of pyridine rings is 1. The largest absolute Gasteiger partial charge is 0.310 e. The third-order valence-electron chi connectivity index (χ3n) is 2.07. The van der Waals surface area contributed by atoms with E-state index in [1.54, 1.807) is 6.20 Å². The van der Waals surface area contributed by atoms with Crippen molar-refractivity contribution in [1.82, 2.24) is 10.3 Å². The van der Waals surface area contributed by atoms with Crippen LogP contribution < -0.4 is 5.32 Å². The van der Waals surface area contributed by atoms with Gasteiger partial charge in [0.2, 0.25) is 0 Å². The van der Waals surface area contributed by atoms with Crippen molar-refractivity contribution in [2.24, 2.45) is 0 Å². The van der Waals surface area contributed by atoms with Gasteiger partial charge < -0.3 is 5.32 Å². The Hall–Kier alpha value is -1.40. The molecule has 0 amide bonds. The predicted molar refractivity (Wildman–Crippen MR) is 55.6 cm³/mol. The normalized spacial score (nSPS) is 9.71. The number of nitriles is 1.